The fourth-order valence-electron chi connectivity index (χ4n) is 1.59. The van der Waals surface area contributed by atoms with E-state index in [1.165, 1.54) is 0 Å². The Hall–Kier alpha value is -0.610. The second-order valence-electron chi connectivity index (χ2n) is 4.18. The quantitative estimate of drug-likeness (QED) is 0.904. The van der Waals surface area contributed by atoms with Gasteiger partial charge in [-0.1, -0.05) is 0 Å². The summed E-state index contributed by atoms with van der Waals surface area (Å²) in [5.74, 6) is 0.953. The molecule has 0 unspecified atom stereocenters. The van der Waals surface area contributed by atoms with E-state index < -0.39 is 0 Å². The summed E-state index contributed by atoms with van der Waals surface area (Å²) in [6, 6.07) is 2.44. The Labute approximate surface area is 106 Å². The fraction of sp³-hybridized carbons (Fsp3) is 0.583. The van der Waals surface area contributed by atoms with E-state index in [1.807, 2.05) is 13.1 Å². The maximum atomic E-state index is 8.90. The molecule has 1 N–H and O–H groups in total. The summed E-state index contributed by atoms with van der Waals surface area (Å²) in [6.07, 6.45) is 2.63. The molecule has 0 fully saturated rings. The van der Waals surface area contributed by atoms with E-state index in [9.17, 15) is 0 Å². The predicted octanol–water partition coefficient (Wildman–Crippen LogP) is 2.75. The van der Waals surface area contributed by atoms with E-state index in [-0.39, 0.29) is 6.61 Å². The molecule has 3 nitrogen and oxygen atoms in total. The molecule has 0 aliphatic rings. The number of halogens is 1. The van der Waals surface area contributed by atoms with Crippen LogP contribution >= 0.6 is 15.9 Å². The highest BCUT2D eigenvalue weighted by atomic mass is 79.9. The Kier molecular flexibility index (Phi) is 5.22. The molecule has 0 bridgehead atoms. The minimum absolute atomic E-state index is 0.215. The maximum absolute atomic E-state index is 8.90. The van der Waals surface area contributed by atoms with Crippen LogP contribution in [-0.4, -0.2) is 29.3 Å². The van der Waals surface area contributed by atoms with Gasteiger partial charge in [-0.3, -0.25) is 0 Å². The molecule has 0 spiro atoms. The summed E-state index contributed by atoms with van der Waals surface area (Å²) in [7, 11) is 0. The maximum Gasteiger partial charge on any atom is 0.143 e. The molecular formula is C12H19BrN2O. The molecule has 0 saturated carbocycles. The number of nitrogens with zero attached hydrogens (tertiary/aromatic N) is 2. The lowest BCUT2D eigenvalue weighted by Gasteiger charge is -2.28. The minimum atomic E-state index is 0.215. The van der Waals surface area contributed by atoms with E-state index >= 15 is 0 Å². The third kappa shape index (κ3) is 3.46. The number of hydrogen-bond donors (Lipinski definition) is 1. The third-order valence-electron chi connectivity index (χ3n) is 2.41. The van der Waals surface area contributed by atoms with Crippen LogP contribution in [0.15, 0.2) is 16.7 Å². The first kappa shape index (κ1) is 13.5. The van der Waals surface area contributed by atoms with Gasteiger partial charge in [0.05, 0.1) is 4.47 Å². The molecule has 90 valence electrons. The van der Waals surface area contributed by atoms with Crippen molar-refractivity contribution in [3.8, 4) is 0 Å². The molecule has 0 saturated heterocycles. The van der Waals surface area contributed by atoms with Crippen LogP contribution in [0.2, 0.25) is 0 Å². The van der Waals surface area contributed by atoms with Crippen LogP contribution in [0.25, 0.3) is 0 Å². The van der Waals surface area contributed by atoms with Crippen LogP contribution in [0.4, 0.5) is 5.82 Å². The van der Waals surface area contributed by atoms with Crippen molar-refractivity contribution in [2.24, 2.45) is 0 Å². The number of aromatic nitrogens is 1. The first-order valence-corrected chi connectivity index (χ1v) is 6.35. The molecule has 4 heteroatoms. The Morgan fingerprint density at radius 2 is 2.19 bits per heavy atom. The summed E-state index contributed by atoms with van der Waals surface area (Å²) in [6.45, 7) is 7.32. The molecule has 0 aromatic carbocycles. The second kappa shape index (κ2) is 6.21. The standard InChI is InChI=1S/C12H19BrN2O/c1-9(2)15(5-4-6-16)12-11(13)7-10(3)8-14-12/h7-9,16H,4-6H2,1-3H3. The molecule has 0 aliphatic heterocycles. The van der Waals surface area contributed by atoms with E-state index in [0.717, 1.165) is 28.8 Å². The number of aliphatic hydroxyl groups is 1. The Morgan fingerprint density at radius 3 is 2.69 bits per heavy atom. The molecule has 1 heterocycles. The summed E-state index contributed by atoms with van der Waals surface area (Å²) < 4.78 is 1.01. The first-order chi connectivity index (χ1) is 7.56. The van der Waals surface area contributed by atoms with Crippen molar-refractivity contribution >= 4 is 21.7 Å². The van der Waals surface area contributed by atoms with Crippen LogP contribution in [0.1, 0.15) is 25.8 Å². The number of aryl methyl sites for hydroxylation is 1. The lowest BCUT2D eigenvalue weighted by atomic mass is 10.2. The SMILES string of the molecule is Cc1cnc(N(CCCO)C(C)C)c(Br)c1. The molecule has 16 heavy (non-hydrogen) atoms. The van der Waals surface area contributed by atoms with E-state index in [4.69, 9.17) is 5.11 Å². The van der Waals surface area contributed by atoms with Crippen molar-refractivity contribution in [3.63, 3.8) is 0 Å². The zero-order chi connectivity index (χ0) is 12.1. The highest BCUT2D eigenvalue weighted by molar-refractivity contribution is 9.10. The van der Waals surface area contributed by atoms with Crippen LogP contribution < -0.4 is 4.90 Å². The number of pyridine rings is 1. The number of aliphatic hydroxyl groups excluding tert-OH is 1. The lowest BCUT2D eigenvalue weighted by Crippen LogP contribution is -2.33. The summed E-state index contributed by atoms with van der Waals surface area (Å²) in [5.41, 5.74) is 1.14. The first-order valence-electron chi connectivity index (χ1n) is 5.56. The van der Waals surface area contributed by atoms with Gasteiger partial charge >= 0.3 is 0 Å². The second-order valence-corrected chi connectivity index (χ2v) is 5.04. The highest BCUT2D eigenvalue weighted by Gasteiger charge is 2.14. The number of anilines is 1. The van der Waals surface area contributed by atoms with Gasteiger partial charge < -0.3 is 10.0 Å². The van der Waals surface area contributed by atoms with Gasteiger partial charge in [0.2, 0.25) is 0 Å². The van der Waals surface area contributed by atoms with Crippen LogP contribution in [0.5, 0.6) is 0 Å². The van der Waals surface area contributed by atoms with Crippen molar-refractivity contribution < 1.29 is 5.11 Å². The monoisotopic (exact) mass is 286 g/mol. The molecular weight excluding hydrogens is 268 g/mol. The molecule has 1 rings (SSSR count). The highest BCUT2D eigenvalue weighted by Crippen LogP contribution is 2.26. The zero-order valence-electron chi connectivity index (χ0n) is 10.1. The van der Waals surface area contributed by atoms with Crippen molar-refractivity contribution in [3.05, 3.63) is 22.3 Å². The normalized spacial score (nSPS) is 10.9. The third-order valence-corrected chi connectivity index (χ3v) is 2.99. The lowest BCUT2D eigenvalue weighted by molar-refractivity contribution is 0.288. The van der Waals surface area contributed by atoms with Crippen LogP contribution in [0, 0.1) is 6.92 Å². The molecule has 0 aliphatic carbocycles. The van der Waals surface area contributed by atoms with E-state index in [1.54, 1.807) is 0 Å². The minimum Gasteiger partial charge on any atom is -0.396 e. The van der Waals surface area contributed by atoms with Crippen LogP contribution in [0.3, 0.4) is 0 Å². The van der Waals surface area contributed by atoms with Gasteiger partial charge in [-0.05, 0) is 54.8 Å². The Bertz CT molecular complexity index is 342. The van der Waals surface area contributed by atoms with E-state index in [2.05, 4.69) is 45.7 Å². The van der Waals surface area contributed by atoms with Gasteiger partial charge in [0.1, 0.15) is 5.82 Å². The van der Waals surface area contributed by atoms with E-state index in [0.29, 0.717) is 6.04 Å². The summed E-state index contributed by atoms with van der Waals surface area (Å²) in [4.78, 5) is 6.64. The fourth-order valence-corrected chi connectivity index (χ4v) is 2.28. The zero-order valence-corrected chi connectivity index (χ0v) is 11.7. The van der Waals surface area contributed by atoms with Crippen LogP contribution in [-0.2, 0) is 0 Å². The van der Waals surface area contributed by atoms with Gasteiger partial charge in [0.15, 0.2) is 0 Å². The van der Waals surface area contributed by atoms with Crippen molar-refractivity contribution in [2.45, 2.75) is 33.2 Å². The topological polar surface area (TPSA) is 36.4 Å². The smallest absolute Gasteiger partial charge is 0.143 e. The van der Waals surface area contributed by atoms with Crippen molar-refractivity contribution in [2.75, 3.05) is 18.1 Å². The molecule has 1 aromatic rings. The average Bonchev–Trinajstić information content (AvgIpc) is 2.20. The number of hydrogen-bond acceptors (Lipinski definition) is 3. The van der Waals surface area contributed by atoms with Gasteiger partial charge in [0.25, 0.3) is 0 Å². The Balaban J connectivity index is 2.92. The van der Waals surface area contributed by atoms with Gasteiger partial charge in [-0.15, -0.1) is 0 Å². The van der Waals surface area contributed by atoms with Gasteiger partial charge in [0, 0.05) is 25.4 Å². The molecule has 0 atom stereocenters. The van der Waals surface area contributed by atoms with Gasteiger partial charge in [-0.2, -0.15) is 0 Å². The molecule has 0 radical (unpaired) electrons. The summed E-state index contributed by atoms with van der Waals surface area (Å²) >= 11 is 3.54. The van der Waals surface area contributed by atoms with Crippen molar-refractivity contribution in [1.29, 1.82) is 0 Å². The molecule has 0 amide bonds. The average molecular weight is 287 g/mol. The summed E-state index contributed by atoms with van der Waals surface area (Å²) in [5, 5.41) is 8.90. The van der Waals surface area contributed by atoms with Crippen molar-refractivity contribution in [1.82, 2.24) is 4.98 Å². The largest absolute Gasteiger partial charge is 0.396 e. The number of rotatable bonds is 5. The predicted molar refractivity (Wildman–Crippen MR) is 70.9 cm³/mol. The van der Waals surface area contributed by atoms with Gasteiger partial charge in [-0.25, -0.2) is 4.98 Å². The Morgan fingerprint density at radius 1 is 1.50 bits per heavy atom. The molecule has 1 aromatic heterocycles.